The quantitative estimate of drug-likeness (QED) is 0.780. The second-order valence-electron chi connectivity index (χ2n) is 5.66. The van der Waals surface area contributed by atoms with Gasteiger partial charge in [0.2, 0.25) is 0 Å². The number of aliphatic hydroxyl groups is 1. The topological polar surface area (TPSA) is 62.1 Å². The Morgan fingerprint density at radius 3 is 3.00 bits per heavy atom. The number of fused-ring (bicyclic) bond motifs is 1. The maximum absolute atomic E-state index is 9.33. The number of nitrogens with one attached hydrogen (secondary N) is 2. The number of benzene rings is 1. The normalized spacial score (nSPS) is 17.3. The van der Waals surface area contributed by atoms with Gasteiger partial charge in [0.15, 0.2) is 0 Å². The zero-order valence-corrected chi connectivity index (χ0v) is 12.3. The molecular weight excluding hydrogens is 264 g/mol. The van der Waals surface area contributed by atoms with Gasteiger partial charge < -0.3 is 15.7 Å². The van der Waals surface area contributed by atoms with Gasteiger partial charge >= 0.3 is 0 Å². The predicted octanol–water partition coefficient (Wildman–Crippen LogP) is 1.52. The zero-order chi connectivity index (χ0) is 14.7. The standard InChI is InChI=1S/C16H22N4O/c1-12-6-16-18-8-13(10-20(16)19-12)7-17-9-14-4-2-3-5-15(14)11-21/h2-6,13,17-18,21H,7-11H2,1H3/t13-/m0/s1. The SMILES string of the molecule is Cc1cc2n(n1)C[C@@H](CNCc1ccccc1CO)CN2. The van der Waals surface area contributed by atoms with E-state index >= 15 is 0 Å². The fraction of sp³-hybridized carbons (Fsp3) is 0.438. The molecule has 1 aromatic heterocycles. The Hall–Kier alpha value is -1.85. The largest absolute Gasteiger partial charge is 0.392 e. The third-order valence-corrected chi connectivity index (χ3v) is 3.94. The fourth-order valence-corrected chi connectivity index (χ4v) is 2.82. The summed E-state index contributed by atoms with van der Waals surface area (Å²) in [5.74, 6) is 1.65. The van der Waals surface area contributed by atoms with Gasteiger partial charge in [-0.25, -0.2) is 4.68 Å². The summed E-state index contributed by atoms with van der Waals surface area (Å²) >= 11 is 0. The molecule has 0 unspecified atom stereocenters. The minimum atomic E-state index is 0.0960. The maximum atomic E-state index is 9.33. The molecule has 2 heterocycles. The van der Waals surface area contributed by atoms with Crippen molar-refractivity contribution in [2.45, 2.75) is 26.6 Å². The number of rotatable bonds is 5. The van der Waals surface area contributed by atoms with Gasteiger partial charge in [-0.3, -0.25) is 0 Å². The minimum absolute atomic E-state index is 0.0960. The van der Waals surface area contributed by atoms with Crippen molar-refractivity contribution in [3.05, 3.63) is 47.2 Å². The van der Waals surface area contributed by atoms with E-state index in [-0.39, 0.29) is 6.61 Å². The molecule has 1 atom stereocenters. The molecule has 1 aliphatic rings. The first-order chi connectivity index (χ1) is 10.3. The van der Waals surface area contributed by atoms with Gasteiger partial charge in [-0.15, -0.1) is 0 Å². The highest BCUT2D eigenvalue weighted by atomic mass is 16.3. The van der Waals surface area contributed by atoms with Crippen LogP contribution in [0.1, 0.15) is 16.8 Å². The lowest BCUT2D eigenvalue weighted by Crippen LogP contribution is -2.35. The number of hydrogen-bond acceptors (Lipinski definition) is 4. The molecule has 0 radical (unpaired) electrons. The number of aryl methyl sites for hydroxylation is 1. The molecule has 0 amide bonds. The minimum Gasteiger partial charge on any atom is -0.392 e. The first kappa shape index (κ1) is 14.1. The summed E-state index contributed by atoms with van der Waals surface area (Å²) in [5, 5.41) is 20.7. The van der Waals surface area contributed by atoms with Crippen LogP contribution in [0.15, 0.2) is 30.3 Å². The molecule has 5 nitrogen and oxygen atoms in total. The van der Waals surface area contributed by atoms with E-state index in [2.05, 4.69) is 27.9 Å². The first-order valence-corrected chi connectivity index (χ1v) is 7.43. The van der Waals surface area contributed by atoms with Crippen LogP contribution in [0.2, 0.25) is 0 Å². The maximum Gasteiger partial charge on any atom is 0.124 e. The fourth-order valence-electron chi connectivity index (χ4n) is 2.82. The van der Waals surface area contributed by atoms with Gasteiger partial charge in [0.25, 0.3) is 0 Å². The molecule has 0 aliphatic carbocycles. The summed E-state index contributed by atoms with van der Waals surface area (Å²) in [6.07, 6.45) is 0. The molecule has 5 heteroatoms. The molecule has 1 aliphatic heterocycles. The highest BCUT2D eigenvalue weighted by Gasteiger charge is 2.18. The van der Waals surface area contributed by atoms with Gasteiger partial charge in [0.05, 0.1) is 12.3 Å². The van der Waals surface area contributed by atoms with E-state index in [9.17, 15) is 5.11 Å². The lowest BCUT2D eigenvalue weighted by molar-refractivity contribution is 0.280. The summed E-state index contributed by atoms with van der Waals surface area (Å²) < 4.78 is 2.05. The van der Waals surface area contributed by atoms with Crippen molar-refractivity contribution < 1.29 is 5.11 Å². The molecule has 0 spiro atoms. The van der Waals surface area contributed by atoms with Crippen LogP contribution in [0.5, 0.6) is 0 Å². The second-order valence-corrected chi connectivity index (χ2v) is 5.66. The third kappa shape index (κ3) is 3.25. The Bertz CT molecular complexity index is 608. The second kappa shape index (κ2) is 6.28. The Balaban J connectivity index is 1.52. The van der Waals surface area contributed by atoms with Crippen molar-refractivity contribution in [2.75, 3.05) is 18.4 Å². The Labute approximate surface area is 125 Å². The highest BCUT2D eigenvalue weighted by molar-refractivity contribution is 5.38. The summed E-state index contributed by atoms with van der Waals surface area (Å²) in [4.78, 5) is 0. The van der Waals surface area contributed by atoms with E-state index in [4.69, 9.17) is 0 Å². The van der Waals surface area contributed by atoms with Crippen LogP contribution >= 0.6 is 0 Å². The number of aromatic nitrogens is 2. The summed E-state index contributed by atoms with van der Waals surface area (Å²) in [6, 6.07) is 10.1. The van der Waals surface area contributed by atoms with Crippen molar-refractivity contribution >= 4 is 5.82 Å². The van der Waals surface area contributed by atoms with Gasteiger partial charge in [-0.1, -0.05) is 24.3 Å². The molecule has 112 valence electrons. The molecule has 0 saturated carbocycles. The van der Waals surface area contributed by atoms with Crippen LogP contribution in [0, 0.1) is 12.8 Å². The number of nitrogens with zero attached hydrogens (tertiary/aromatic N) is 2. The van der Waals surface area contributed by atoms with E-state index in [1.807, 2.05) is 29.8 Å². The first-order valence-electron chi connectivity index (χ1n) is 7.43. The Morgan fingerprint density at radius 1 is 1.38 bits per heavy atom. The van der Waals surface area contributed by atoms with Gasteiger partial charge in [-0.2, -0.15) is 5.10 Å². The molecule has 0 saturated heterocycles. The molecular formula is C16H22N4O. The Kier molecular flexibility index (Phi) is 4.22. The van der Waals surface area contributed by atoms with E-state index in [0.29, 0.717) is 5.92 Å². The van der Waals surface area contributed by atoms with Crippen molar-refractivity contribution in [1.82, 2.24) is 15.1 Å². The molecule has 3 N–H and O–H groups in total. The summed E-state index contributed by atoms with van der Waals surface area (Å²) in [7, 11) is 0. The van der Waals surface area contributed by atoms with Crippen molar-refractivity contribution in [2.24, 2.45) is 5.92 Å². The zero-order valence-electron chi connectivity index (χ0n) is 12.3. The van der Waals surface area contributed by atoms with E-state index in [0.717, 1.165) is 43.3 Å². The average Bonchev–Trinajstić information content (AvgIpc) is 2.87. The van der Waals surface area contributed by atoms with Crippen molar-refractivity contribution in [1.29, 1.82) is 0 Å². The van der Waals surface area contributed by atoms with Crippen LogP contribution in [0.3, 0.4) is 0 Å². The summed E-state index contributed by atoms with van der Waals surface area (Å²) in [6.45, 7) is 5.76. The van der Waals surface area contributed by atoms with Gasteiger partial charge in [-0.05, 0) is 18.1 Å². The monoisotopic (exact) mass is 286 g/mol. The predicted molar refractivity (Wildman–Crippen MR) is 83.0 cm³/mol. The average molecular weight is 286 g/mol. The van der Waals surface area contributed by atoms with Crippen LogP contribution in [-0.2, 0) is 19.7 Å². The molecule has 3 rings (SSSR count). The number of aliphatic hydroxyl groups excluding tert-OH is 1. The lowest BCUT2D eigenvalue weighted by Gasteiger charge is -2.25. The molecule has 2 aromatic rings. The van der Waals surface area contributed by atoms with Gasteiger partial charge in [0, 0.05) is 38.2 Å². The molecule has 0 fully saturated rings. The van der Waals surface area contributed by atoms with Crippen LogP contribution in [0.4, 0.5) is 5.82 Å². The van der Waals surface area contributed by atoms with Crippen molar-refractivity contribution in [3.63, 3.8) is 0 Å². The van der Waals surface area contributed by atoms with Crippen LogP contribution in [-0.4, -0.2) is 28.0 Å². The van der Waals surface area contributed by atoms with Crippen molar-refractivity contribution in [3.8, 4) is 0 Å². The third-order valence-electron chi connectivity index (χ3n) is 3.94. The van der Waals surface area contributed by atoms with Crippen LogP contribution in [0.25, 0.3) is 0 Å². The molecule has 1 aromatic carbocycles. The number of hydrogen-bond donors (Lipinski definition) is 3. The molecule has 21 heavy (non-hydrogen) atoms. The van der Waals surface area contributed by atoms with E-state index in [1.54, 1.807) is 0 Å². The van der Waals surface area contributed by atoms with E-state index in [1.165, 1.54) is 5.56 Å². The van der Waals surface area contributed by atoms with Crippen LogP contribution < -0.4 is 10.6 Å². The molecule has 0 bridgehead atoms. The summed E-state index contributed by atoms with van der Waals surface area (Å²) in [5.41, 5.74) is 3.22. The van der Waals surface area contributed by atoms with E-state index < -0.39 is 0 Å². The number of anilines is 1. The van der Waals surface area contributed by atoms with Gasteiger partial charge in [0.1, 0.15) is 5.82 Å². The smallest absolute Gasteiger partial charge is 0.124 e. The lowest BCUT2D eigenvalue weighted by atomic mass is 10.1. The Morgan fingerprint density at radius 2 is 2.19 bits per heavy atom. The highest BCUT2D eigenvalue weighted by Crippen LogP contribution is 2.18.